The number of piperidine rings is 2. The van der Waals surface area contributed by atoms with E-state index in [0.29, 0.717) is 39.0 Å². The average Bonchev–Trinajstić information content (AvgIpc) is 2.68. The molecule has 1 aliphatic carbocycles. The van der Waals surface area contributed by atoms with Crippen LogP contribution in [-0.2, 0) is 26.5 Å². The monoisotopic (exact) mass is 426 g/mol. The number of nitrogens with zero attached hydrogens (tertiary/aromatic N) is 1. The molecule has 1 spiro atoms. The molecule has 4 rings (SSSR count). The first-order valence-electron chi connectivity index (χ1n) is 10.2. The molecule has 1 amide bonds. The van der Waals surface area contributed by atoms with E-state index in [1.807, 2.05) is 4.90 Å². The van der Waals surface area contributed by atoms with Gasteiger partial charge in [0.1, 0.15) is 0 Å². The molecule has 28 heavy (non-hydrogen) atoms. The second-order valence-corrected chi connectivity index (χ2v) is 11.0. The molecule has 156 valence electrons. The second-order valence-electron chi connectivity index (χ2n) is 8.64. The molecule has 1 N–H and O–H groups in total. The molecule has 0 saturated carbocycles. The lowest BCUT2D eigenvalue weighted by Gasteiger charge is -2.48. The highest BCUT2D eigenvalue weighted by molar-refractivity contribution is 7.92. The van der Waals surface area contributed by atoms with Crippen LogP contribution in [0.2, 0.25) is 0 Å². The number of benzene rings is 1. The summed E-state index contributed by atoms with van der Waals surface area (Å²) in [6.45, 7) is 2.50. The van der Waals surface area contributed by atoms with E-state index in [0.717, 1.165) is 32.1 Å². The van der Waals surface area contributed by atoms with Crippen LogP contribution >= 0.6 is 12.4 Å². The van der Waals surface area contributed by atoms with Crippen molar-refractivity contribution in [2.75, 3.05) is 32.4 Å². The molecule has 0 aromatic heterocycles. The number of fused-ring (bicyclic) bond motifs is 2. The quantitative estimate of drug-likeness (QED) is 0.788. The number of rotatable bonds is 2. The third kappa shape index (κ3) is 3.48. The summed E-state index contributed by atoms with van der Waals surface area (Å²) in [7, 11) is -3.47. The lowest BCUT2D eigenvalue weighted by atomic mass is 9.65. The standard InChI is InChI=1S/C21H30N2O3S.ClH/c1-27(25,26)21(11-13-22-14-12-21)19(24)23-15-5-10-20(16-23)9-4-7-17-6-2-3-8-18(17)20;/h2-3,6,8,22H,4-5,7,9-16H2,1H3;1H. The zero-order valence-corrected chi connectivity index (χ0v) is 18.2. The van der Waals surface area contributed by atoms with Gasteiger partial charge in [-0.05, 0) is 69.2 Å². The summed E-state index contributed by atoms with van der Waals surface area (Å²) < 4.78 is 24.1. The molecular weight excluding hydrogens is 396 g/mol. The van der Waals surface area contributed by atoms with Gasteiger partial charge in [-0.25, -0.2) is 8.42 Å². The van der Waals surface area contributed by atoms with Gasteiger partial charge in [0.15, 0.2) is 14.6 Å². The summed E-state index contributed by atoms with van der Waals surface area (Å²) in [5, 5.41) is 3.20. The molecule has 7 heteroatoms. The van der Waals surface area contributed by atoms with E-state index in [2.05, 4.69) is 29.6 Å². The molecule has 2 saturated heterocycles. The van der Waals surface area contributed by atoms with Crippen LogP contribution in [0.1, 0.15) is 49.7 Å². The molecule has 1 aromatic carbocycles. The number of carbonyl (C=O) groups is 1. The van der Waals surface area contributed by atoms with Gasteiger partial charge in [0, 0.05) is 24.8 Å². The largest absolute Gasteiger partial charge is 0.340 e. The van der Waals surface area contributed by atoms with Crippen molar-refractivity contribution >= 4 is 28.2 Å². The van der Waals surface area contributed by atoms with Crippen LogP contribution in [0.15, 0.2) is 24.3 Å². The van der Waals surface area contributed by atoms with Crippen molar-refractivity contribution in [3.63, 3.8) is 0 Å². The predicted octanol–water partition coefficient (Wildman–Crippen LogP) is 2.47. The number of amides is 1. The van der Waals surface area contributed by atoms with Crippen LogP contribution < -0.4 is 5.32 Å². The summed E-state index contributed by atoms with van der Waals surface area (Å²) in [6, 6.07) is 8.62. The van der Waals surface area contributed by atoms with E-state index in [4.69, 9.17) is 0 Å². The van der Waals surface area contributed by atoms with Crippen LogP contribution in [0, 0.1) is 0 Å². The molecule has 1 unspecified atom stereocenters. The smallest absolute Gasteiger partial charge is 0.244 e. The lowest BCUT2D eigenvalue weighted by Crippen LogP contribution is -2.61. The van der Waals surface area contributed by atoms with Crippen LogP contribution in [0.3, 0.4) is 0 Å². The first kappa shape index (κ1) is 21.6. The van der Waals surface area contributed by atoms with Crippen LogP contribution in [0.25, 0.3) is 0 Å². The Bertz CT molecular complexity index is 836. The number of hydrogen-bond donors (Lipinski definition) is 1. The average molecular weight is 427 g/mol. The van der Waals surface area contributed by atoms with E-state index in [1.165, 1.54) is 17.4 Å². The highest BCUT2D eigenvalue weighted by atomic mass is 35.5. The molecular formula is C21H31ClN2O3S. The maximum atomic E-state index is 13.6. The van der Waals surface area contributed by atoms with Crippen molar-refractivity contribution in [3.8, 4) is 0 Å². The predicted molar refractivity (Wildman–Crippen MR) is 114 cm³/mol. The number of likely N-dealkylation sites (tertiary alicyclic amines) is 1. The van der Waals surface area contributed by atoms with Gasteiger partial charge in [0.05, 0.1) is 0 Å². The van der Waals surface area contributed by atoms with Gasteiger partial charge in [0.25, 0.3) is 0 Å². The van der Waals surface area contributed by atoms with Crippen molar-refractivity contribution in [2.45, 2.75) is 55.1 Å². The van der Waals surface area contributed by atoms with Crippen molar-refractivity contribution in [3.05, 3.63) is 35.4 Å². The molecule has 1 aromatic rings. The third-order valence-corrected chi connectivity index (χ3v) is 9.07. The third-order valence-electron chi connectivity index (χ3n) is 7.07. The number of halogens is 1. The van der Waals surface area contributed by atoms with E-state index in [9.17, 15) is 13.2 Å². The molecule has 0 radical (unpaired) electrons. The molecule has 0 bridgehead atoms. The first-order chi connectivity index (χ1) is 12.9. The Kier molecular flexibility index (Phi) is 6.14. The number of aryl methyl sites for hydroxylation is 1. The van der Waals surface area contributed by atoms with E-state index < -0.39 is 14.6 Å². The zero-order chi connectivity index (χ0) is 19.1. The minimum Gasteiger partial charge on any atom is -0.340 e. The van der Waals surface area contributed by atoms with Gasteiger partial charge < -0.3 is 10.2 Å². The zero-order valence-electron chi connectivity index (χ0n) is 16.6. The van der Waals surface area contributed by atoms with E-state index in [-0.39, 0.29) is 23.7 Å². The summed E-state index contributed by atoms with van der Waals surface area (Å²) in [5.74, 6) is -0.159. The number of nitrogens with one attached hydrogen (secondary N) is 1. The maximum absolute atomic E-state index is 13.6. The van der Waals surface area contributed by atoms with Gasteiger partial charge >= 0.3 is 0 Å². The van der Waals surface area contributed by atoms with Gasteiger partial charge in [0.2, 0.25) is 5.91 Å². The molecule has 1 atom stereocenters. The minimum atomic E-state index is -3.47. The van der Waals surface area contributed by atoms with Gasteiger partial charge in [-0.15, -0.1) is 12.4 Å². The molecule has 5 nitrogen and oxygen atoms in total. The Morgan fingerprint density at radius 1 is 1.07 bits per heavy atom. The number of hydrogen-bond acceptors (Lipinski definition) is 4. The molecule has 2 fully saturated rings. The molecule has 2 heterocycles. The topological polar surface area (TPSA) is 66.5 Å². The van der Waals surface area contributed by atoms with Crippen molar-refractivity contribution < 1.29 is 13.2 Å². The summed E-state index contributed by atoms with van der Waals surface area (Å²) >= 11 is 0. The highest BCUT2D eigenvalue weighted by Crippen LogP contribution is 2.44. The van der Waals surface area contributed by atoms with Crippen LogP contribution in [-0.4, -0.2) is 56.4 Å². The lowest BCUT2D eigenvalue weighted by molar-refractivity contribution is -0.137. The Labute approximate surface area is 174 Å². The highest BCUT2D eigenvalue weighted by Gasteiger charge is 2.52. The maximum Gasteiger partial charge on any atom is 0.244 e. The fourth-order valence-electron chi connectivity index (χ4n) is 5.60. The first-order valence-corrected chi connectivity index (χ1v) is 12.1. The number of sulfone groups is 1. The van der Waals surface area contributed by atoms with Crippen molar-refractivity contribution in [2.24, 2.45) is 0 Å². The fraction of sp³-hybridized carbons (Fsp3) is 0.667. The SMILES string of the molecule is CS(=O)(=O)C1(C(=O)N2CCCC3(CCCc4ccccc43)C2)CCNCC1.Cl. The van der Waals surface area contributed by atoms with E-state index >= 15 is 0 Å². The summed E-state index contributed by atoms with van der Waals surface area (Å²) in [6.07, 6.45) is 7.35. The van der Waals surface area contributed by atoms with Crippen LogP contribution in [0.5, 0.6) is 0 Å². The van der Waals surface area contributed by atoms with Crippen molar-refractivity contribution in [1.29, 1.82) is 0 Å². The van der Waals surface area contributed by atoms with Crippen molar-refractivity contribution in [1.82, 2.24) is 10.2 Å². The van der Waals surface area contributed by atoms with Gasteiger partial charge in [-0.3, -0.25) is 4.79 Å². The van der Waals surface area contributed by atoms with E-state index in [1.54, 1.807) is 0 Å². The van der Waals surface area contributed by atoms with Crippen LogP contribution in [0.4, 0.5) is 0 Å². The minimum absolute atomic E-state index is 0. The van der Waals surface area contributed by atoms with Gasteiger partial charge in [-0.1, -0.05) is 24.3 Å². The normalized spacial score (nSPS) is 27.0. The fourth-order valence-corrected chi connectivity index (χ4v) is 6.99. The second kappa shape index (κ2) is 7.96. The number of carbonyl (C=O) groups excluding carboxylic acids is 1. The molecule has 2 aliphatic heterocycles. The Balaban J connectivity index is 0.00000225. The summed E-state index contributed by atoms with van der Waals surface area (Å²) in [5.41, 5.74) is 2.78. The summed E-state index contributed by atoms with van der Waals surface area (Å²) in [4.78, 5) is 15.5. The molecule has 3 aliphatic rings. The Morgan fingerprint density at radius 2 is 1.75 bits per heavy atom. The Morgan fingerprint density at radius 3 is 2.46 bits per heavy atom. The Hall–Kier alpha value is -1.11. The van der Waals surface area contributed by atoms with Gasteiger partial charge in [-0.2, -0.15) is 0 Å².